The van der Waals surface area contributed by atoms with Crippen molar-refractivity contribution in [2.24, 2.45) is 0 Å². The monoisotopic (exact) mass is 580 g/mol. The zero-order chi connectivity index (χ0) is 30.2. The average Bonchev–Trinajstić information content (AvgIpc) is 3.45. The van der Waals surface area contributed by atoms with Crippen molar-refractivity contribution in [2.75, 3.05) is 0 Å². The molecule has 0 saturated carbocycles. The van der Waals surface area contributed by atoms with Crippen LogP contribution in [0, 0.1) is 0 Å². The second kappa shape index (κ2) is 9.76. The zero-order valence-electron chi connectivity index (χ0n) is 25.2. The third kappa shape index (κ3) is 3.87. The molecule has 0 bridgehead atoms. The van der Waals surface area contributed by atoms with Gasteiger partial charge in [-0.15, -0.1) is 0 Å². The first-order chi connectivity index (χ1) is 22.8. The Bertz CT molecular complexity index is 2690. The Kier molecular flexibility index (Phi) is 5.38. The molecule has 0 aromatic heterocycles. The third-order valence-corrected chi connectivity index (χ3v) is 9.96. The molecule has 0 amide bonds. The number of benzene rings is 9. The van der Waals surface area contributed by atoms with Gasteiger partial charge in [0.05, 0.1) is 0 Å². The van der Waals surface area contributed by atoms with E-state index in [1.165, 1.54) is 98.7 Å². The molecule has 10 rings (SSSR count). The molecule has 46 heavy (non-hydrogen) atoms. The second-order valence-corrected chi connectivity index (χ2v) is 12.5. The van der Waals surface area contributed by atoms with Crippen LogP contribution < -0.4 is 0 Å². The van der Waals surface area contributed by atoms with Gasteiger partial charge in [0.25, 0.3) is 0 Å². The lowest BCUT2D eigenvalue weighted by Crippen LogP contribution is -1.85. The predicted octanol–water partition coefficient (Wildman–Crippen LogP) is 12.9. The summed E-state index contributed by atoms with van der Waals surface area (Å²) in [6, 6.07) is 62.9. The average molecular weight is 581 g/mol. The Hall–Kier alpha value is -5.98. The minimum atomic E-state index is 1.24. The van der Waals surface area contributed by atoms with Crippen LogP contribution in [0.4, 0.5) is 0 Å². The fourth-order valence-corrected chi connectivity index (χ4v) is 7.62. The van der Waals surface area contributed by atoms with E-state index < -0.39 is 0 Å². The minimum Gasteiger partial charge on any atom is -0.0616 e. The van der Waals surface area contributed by atoms with E-state index in [-0.39, 0.29) is 0 Å². The highest BCUT2D eigenvalue weighted by Crippen LogP contribution is 2.50. The molecule has 9 aromatic carbocycles. The Balaban J connectivity index is 1.08. The van der Waals surface area contributed by atoms with Crippen LogP contribution in [-0.2, 0) is 0 Å². The lowest BCUT2D eigenvalue weighted by Gasteiger charge is -2.11. The molecule has 1 aliphatic rings. The Morgan fingerprint density at radius 3 is 1.35 bits per heavy atom. The summed E-state index contributed by atoms with van der Waals surface area (Å²) >= 11 is 0. The van der Waals surface area contributed by atoms with Crippen molar-refractivity contribution in [3.05, 3.63) is 170 Å². The van der Waals surface area contributed by atoms with Gasteiger partial charge in [-0.3, -0.25) is 0 Å². The lowest BCUT2D eigenvalue weighted by molar-refractivity contribution is 1.64. The van der Waals surface area contributed by atoms with Gasteiger partial charge >= 0.3 is 0 Å². The fourth-order valence-electron chi connectivity index (χ4n) is 7.62. The molecule has 212 valence electrons. The quantitative estimate of drug-likeness (QED) is 0.195. The molecule has 9 aromatic rings. The molecule has 0 heteroatoms. The maximum absolute atomic E-state index is 2.39. The summed E-state index contributed by atoms with van der Waals surface area (Å²) in [4.78, 5) is 0. The molecule has 1 aliphatic carbocycles. The molecule has 0 saturated heterocycles. The van der Waals surface area contributed by atoms with Crippen molar-refractivity contribution in [1.82, 2.24) is 0 Å². The summed E-state index contributed by atoms with van der Waals surface area (Å²) < 4.78 is 0. The van der Waals surface area contributed by atoms with Crippen molar-refractivity contribution in [3.63, 3.8) is 0 Å². The van der Waals surface area contributed by atoms with E-state index >= 15 is 0 Å². The smallest absolute Gasteiger partial charge is 0.00201 e. The van der Waals surface area contributed by atoms with E-state index in [2.05, 4.69) is 170 Å². The van der Waals surface area contributed by atoms with Crippen molar-refractivity contribution < 1.29 is 0 Å². The Morgan fingerprint density at radius 2 is 0.674 bits per heavy atom. The maximum Gasteiger partial charge on any atom is -0.00201 e. The van der Waals surface area contributed by atoms with Gasteiger partial charge in [-0.25, -0.2) is 0 Å². The summed E-state index contributed by atoms with van der Waals surface area (Å²) in [5.41, 5.74) is 12.8. The number of rotatable bonds is 3. The van der Waals surface area contributed by atoms with Crippen LogP contribution in [0.5, 0.6) is 0 Å². The number of hydrogen-bond donors (Lipinski definition) is 0. The fraction of sp³-hybridized carbons (Fsp3) is 0. The van der Waals surface area contributed by atoms with E-state index in [0.717, 1.165) is 0 Å². The van der Waals surface area contributed by atoms with Crippen molar-refractivity contribution in [2.45, 2.75) is 0 Å². The van der Waals surface area contributed by atoms with E-state index in [9.17, 15) is 0 Å². The van der Waals surface area contributed by atoms with Crippen molar-refractivity contribution >= 4 is 43.1 Å². The molecule has 0 radical (unpaired) electrons. The van der Waals surface area contributed by atoms with Crippen molar-refractivity contribution in [1.29, 1.82) is 0 Å². The van der Waals surface area contributed by atoms with Gasteiger partial charge < -0.3 is 0 Å². The van der Waals surface area contributed by atoms with Gasteiger partial charge in [0.1, 0.15) is 0 Å². The molecule has 0 heterocycles. The van der Waals surface area contributed by atoms with E-state index in [1.807, 2.05) is 0 Å². The van der Waals surface area contributed by atoms with Crippen LogP contribution in [0.15, 0.2) is 170 Å². The van der Waals surface area contributed by atoms with Crippen LogP contribution in [0.25, 0.3) is 98.7 Å². The van der Waals surface area contributed by atoms with E-state index in [0.29, 0.717) is 0 Å². The van der Waals surface area contributed by atoms with Crippen LogP contribution in [0.3, 0.4) is 0 Å². The third-order valence-electron chi connectivity index (χ3n) is 9.96. The van der Waals surface area contributed by atoms with Gasteiger partial charge in [-0.1, -0.05) is 140 Å². The van der Waals surface area contributed by atoms with Gasteiger partial charge in [0.2, 0.25) is 0 Å². The van der Waals surface area contributed by atoms with Crippen LogP contribution in [0.1, 0.15) is 0 Å². The highest BCUT2D eigenvalue weighted by molar-refractivity contribution is 6.19. The number of fused-ring (bicyclic) bond motifs is 6. The Labute approximate surface area is 267 Å². The highest BCUT2D eigenvalue weighted by Gasteiger charge is 2.23. The largest absolute Gasteiger partial charge is 0.0616 e. The van der Waals surface area contributed by atoms with Crippen LogP contribution in [-0.4, -0.2) is 0 Å². The predicted molar refractivity (Wildman–Crippen MR) is 197 cm³/mol. The van der Waals surface area contributed by atoms with Crippen LogP contribution >= 0.6 is 0 Å². The SMILES string of the molecule is c1ccc2cc(-c3ccc4c(c3)-c3cccc5c(-c6ccc7ccc(-c8ccc9ccccc9c8)cc7c6)ccc-4c35)ccc2c1. The summed E-state index contributed by atoms with van der Waals surface area (Å²) in [5.74, 6) is 0. The summed E-state index contributed by atoms with van der Waals surface area (Å²) in [5, 5.41) is 10.3. The number of hydrogen-bond acceptors (Lipinski definition) is 0. The molecule has 0 aliphatic heterocycles. The first-order valence-corrected chi connectivity index (χ1v) is 16.0. The first-order valence-electron chi connectivity index (χ1n) is 16.0. The zero-order valence-corrected chi connectivity index (χ0v) is 25.2. The molecule has 0 atom stereocenters. The summed E-state index contributed by atoms with van der Waals surface area (Å²) in [6.07, 6.45) is 0. The highest BCUT2D eigenvalue weighted by atomic mass is 14.3. The molecular formula is C46H28. The van der Waals surface area contributed by atoms with E-state index in [1.54, 1.807) is 0 Å². The standard InChI is InChI=1S/C46H28/c1-3-8-32-24-34(16-12-29(32)6-1)36-18-14-31-15-19-38(27-39(31)26-36)40-22-23-44-41-21-20-37(28-45(41)43-11-5-10-42(40)46(43)44)35-17-13-30-7-2-4-9-33(30)25-35/h1-28H. The van der Waals surface area contributed by atoms with Crippen LogP contribution in [0.2, 0.25) is 0 Å². The Morgan fingerprint density at radius 1 is 0.217 bits per heavy atom. The van der Waals surface area contributed by atoms with E-state index in [4.69, 9.17) is 0 Å². The minimum absolute atomic E-state index is 1.24. The summed E-state index contributed by atoms with van der Waals surface area (Å²) in [6.45, 7) is 0. The molecular weight excluding hydrogens is 553 g/mol. The normalized spacial score (nSPS) is 11.9. The molecule has 0 unspecified atom stereocenters. The molecule has 0 spiro atoms. The van der Waals surface area contributed by atoms with Gasteiger partial charge in [-0.05, 0) is 129 Å². The van der Waals surface area contributed by atoms with Gasteiger partial charge in [0.15, 0.2) is 0 Å². The molecule has 0 fully saturated rings. The first kappa shape index (κ1) is 25.4. The maximum atomic E-state index is 2.39. The lowest BCUT2D eigenvalue weighted by atomic mass is 9.92. The van der Waals surface area contributed by atoms with Crippen molar-refractivity contribution in [3.8, 4) is 55.6 Å². The summed E-state index contributed by atoms with van der Waals surface area (Å²) in [7, 11) is 0. The molecule has 0 N–H and O–H groups in total. The molecule has 0 nitrogen and oxygen atoms in total. The second-order valence-electron chi connectivity index (χ2n) is 12.5. The van der Waals surface area contributed by atoms with Gasteiger partial charge in [-0.2, -0.15) is 0 Å². The topological polar surface area (TPSA) is 0 Å². The van der Waals surface area contributed by atoms with Gasteiger partial charge in [0, 0.05) is 0 Å².